The van der Waals surface area contributed by atoms with Crippen LogP contribution in [0.15, 0.2) is 24.3 Å². The average Bonchev–Trinajstić information content (AvgIpc) is 3.44. The van der Waals surface area contributed by atoms with Gasteiger partial charge in [0.15, 0.2) is 6.61 Å². The molecule has 3 aliphatic heterocycles. The topological polar surface area (TPSA) is 53.1 Å². The number of amides is 2. The van der Waals surface area contributed by atoms with Crippen molar-refractivity contribution in [3.8, 4) is 5.75 Å². The summed E-state index contributed by atoms with van der Waals surface area (Å²) in [4.78, 5) is 32.0. The van der Waals surface area contributed by atoms with Crippen molar-refractivity contribution in [2.75, 3.05) is 32.8 Å². The molecule has 30 heavy (non-hydrogen) atoms. The van der Waals surface area contributed by atoms with Crippen LogP contribution in [0.5, 0.6) is 5.75 Å². The summed E-state index contributed by atoms with van der Waals surface area (Å²) in [5.41, 5.74) is 0.689. The van der Waals surface area contributed by atoms with E-state index in [-0.39, 0.29) is 30.5 Å². The average molecular weight is 414 g/mol. The molecule has 3 saturated heterocycles. The van der Waals surface area contributed by atoms with E-state index >= 15 is 0 Å². The van der Waals surface area contributed by atoms with Gasteiger partial charge in [-0.15, -0.1) is 0 Å². The molecule has 0 saturated carbocycles. The molecule has 2 amide bonds. The number of hydrogen-bond donors (Lipinski definition) is 0. The Bertz CT molecular complexity index is 735. The van der Waals surface area contributed by atoms with Crippen LogP contribution >= 0.6 is 0 Å². The summed E-state index contributed by atoms with van der Waals surface area (Å²) >= 11 is 0. The number of piperidine rings is 1. The van der Waals surface area contributed by atoms with Gasteiger partial charge >= 0.3 is 0 Å². The maximum absolute atomic E-state index is 12.9. The Morgan fingerprint density at radius 1 is 0.933 bits per heavy atom. The van der Waals surface area contributed by atoms with E-state index in [9.17, 15) is 9.59 Å². The maximum atomic E-state index is 12.9. The molecule has 0 aromatic heterocycles. The molecule has 3 atom stereocenters. The molecule has 6 heteroatoms. The number of ether oxygens (including phenoxy) is 1. The predicted octanol–water partition coefficient (Wildman–Crippen LogP) is 3.17. The first-order valence-corrected chi connectivity index (χ1v) is 11.6. The van der Waals surface area contributed by atoms with Crippen LogP contribution in [0.3, 0.4) is 0 Å². The summed E-state index contributed by atoms with van der Waals surface area (Å²) in [6, 6.07) is 8.30. The lowest BCUT2D eigenvalue weighted by atomic mass is 9.97. The summed E-state index contributed by atoms with van der Waals surface area (Å²) in [7, 11) is 0. The fourth-order valence-corrected chi connectivity index (χ4v) is 5.34. The molecule has 3 aliphatic rings. The number of benzene rings is 1. The van der Waals surface area contributed by atoms with Gasteiger partial charge in [-0.1, -0.05) is 0 Å². The fourth-order valence-electron chi connectivity index (χ4n) is 5.34. The van der Waals surface area contributed by atoms with Crippen LogP contribution < -0.4 is 4.74 Å². The van der Waals surface area contributed by atoms with Crippen molar-refractivity contribution in [2.45, 2.75) is 70.5 Å². The third-order valence-corrected chi connectivity index (χ3v) is 7.05. The zero-order valence-electron chi connectivity index (χ0n) is 18.4. The van der Waals surface area contributed by atoms with Crippen molar-refractivity contribution in [3.05, 3.63) is 29.8 Å². The molecule has 3 fully saturated rings. The van der Waals surface area contributed by atoms with Gasteiger partial charge in [-0.3, -0.25) is 14.5 Å². The Morgan fingerprint density at radius 3 is 2.27 bits per heavy atom. The maximum Gasteiger partial charge on any atom is 0.260 e. The van der Waals surface area contributed by atoms with E-state index in [1.54, 1.807) is 12.1 Å². The van der Waals surface area contributed by atoms with Crippen molar-refractivity contribution < 1.29 is 14.3 Å². The lowest BCUT2D eigenvalue weighted by Crippen LogP contribution is -2.49. The minimum Gasteiger partial charge on any atom is -0.484 e. The zero-order valence-corrected chi connectivity index (χ0v) is 18.4. The molecule has 0 N–H and O–H groups in total. The number of carbonyl (C=O) groups is 2. The SMILES string of the molecule is CC1CCCC(C)N1C(=O)COc1ccc(C(=O)N2CCC(N3CCCC3)C2)cc1. The molecule has 3 heterocycles. The highest BCUT2D eigenvalue weighted by atomic mass is 16.5. The fraction of sp³-hybridized carbons (Fsp3) is 0.667. The molecule has 3 unspecified atom stereocenters. The highest BCUT2D eigenvalue weighted by molar-refractivity contribution is 5.94. The standard InChI is InChI=1S/C24H35N3O3/c1-18-6-5-7-19(2)27(18)23(28)17-30-22-10-8-20(9-11-22)24(29)26-15-12-21(16-26)25-13-3-4-14-25/h8-11,18-19,21H,3-7,12-17H2,1-2H3. The quantitative estimate of drug-likeness (QED) is 0.744. The molecular formula is C24H35N3O3. The lowest BCUT2D eigenvalue weighted by molar-refractivity contribution is -0.139. The van der Waals surface area contributed by atoms with Crippen LogP contribution in [0.1, 0.15) is 62.7 Å². The van der Waals surface area contributed by atoms with E-state index in [2.05, 4.69) is 18.7 Å². The minimum atomic E-state index is 0.0416. The summed E-state index contributed by atoms with van der Waals surface area (Å²) in [5, 5.41) is 0. The Kier molecular flexibility index (Phi) is 6.61. The normalized spacial score (nSPS) is 27.5. The van der Waals surface area contributed by atoms with Gasteiger partial charge in [0, 0.05) is 36.8 Å². The number of carbonyl (C=O) groups excluding carboxylic acids is 2. The van der Waals surface area contributed by atoms with Gasteiger partial charge < -0.3 is 14.5 Å². The van der Waals surface area contributed by atoms with Crippen molar-refractivity contribution >= 4 is 11.8 Å². The van der Waals surface area contributed by atoms with Crippen molar-refractivity contribution in [1.29, 1.82) is 0 Å². The zero-order chi connectivity index (χ0) is 21.1. The molecule has 4 rings (SSSR count). The van der Waals surface area contributed by atoms with Gasteiger partial charge in [0.1, 0.15) is 5.75 Å². The van der Waals surface area contributed by atoms with E-state index in [4.69, 9.17) is 4.74 Å². The second-order valence-electron chi connectivity index (χ2n) is 9.18. The van der Waals surface area contributed by atoms with Crippen LogP contribution in [-0.2, 0) is 4.79 Å². The number of nitrogens with zero attached hydrogens (tertiary/aromatic N) is 3. The van der Waals surface area contributed by atoms with Gasteiger partial charge in [0.25, 0.3) is 11.8 Å². The first-order chi connectivity index (χ1) is 14.5. The van der Waals surface area contributed by atoms with Gasteiger partial charge in [0.05, 0.1) is 0 Å². The van der Waals surface area contributed by atoms with Crippen LogP contribution in [-0.4, -0.2) is 77.4 Å². The van der Waals surface area contributed by atoms with E-state index in [0.29, 0.717) is 17.4 Å². The highest BCUT2D eigenvalue weighted by Gasteiger charge is 2.32. The van der Waals surface area contributed by atoms with Crippen molar-refractivity contribution in [1.82, 2.24) is 14.7 Å². The van der Waals surface area contributed by atoms with E-state index in [0.717, 1.165) is 32.4 Å². The minimum absolute atomic E-state index is 0.0416. The third-order valence-electron chi connectivity index (χ3n) is 7.05. The van der Waals surface area contributed by atoms with Crippen LogP contribution in [0.25, 0.3) is 0 Å². The van der Waals surface area contributed by atoms with Crippen LogP contribution in [0, 0.1) is 0 Å². The monoisotopic (exact) mass is 413 g/mol. The Labute approximate surface area is 180 Å². The molecule has 6 nitrogen and oxygen atoms in total. The predicted molar refractivity (Wildman–Crippen MR) is 117 cm³/mol. The largest absolute Gasteiger partial charge is 0.484 e. The third kappa shape index (κ3) is 4.64. The van der Waals surface area contributed by atoms with Crippen molar-refractivity contribution in [3.63, 3.8) is 0 Å². The molecule has 0 spiro atoms. The highest BCUT2D eigenvalue weighted by Crippen LogP contribution is 2.24. The molecule has 0 bridgehead atoms. The van der Waals surface area contributed by atoms with E-state index in [1.807, 2.05) is 21.9 Å². The molecule has 0 radical (unpaired) electrons. The first-order valence-electron chi connectivity index (χ1n) is 11.6. The Morgan fingerprint density at radius 2 is 1.60 bits per heavy atom. The molecular weight excluding hydrogens is 378 g/mol. The summed E-state index contributed by atoms with van der Waals surface area (Å²) < 4.78 is 5.74. The first kappa shape index (κ1) is 21.2. The summed E-state index contributed by atoms with van der Waals surface area (Å²) in [6.07, 6.45) is 6.93. The van der Waals surface area contributed by atoms with Gasteiger partial charge in [-0.2, -0.15) is 0 Å². The Balaban J connectivity index is 1.28. The number of rotatable bonds is 5. The molecule has 0 aliphatic carbocycles. The van der Waals surface area contributed by atoms with Gasteiger partial charge in [-0.05, 0) is 89.7 Å². The second kappa shape index (κ2) is 9.38. The lowest BCUT2D eigenvalue weighted by Gasteiger charge is -2.38. The Hall–Kier alpha value is -2.08. The van der Waals surface area contributed by atoms with Gasteiger partial charge in [0.2, 0.25) is 0 Å². The summed E-state index contributed by atoms with van der Waals surface area (Å²) in [5.74, 6) is 0.767. The van der Waals surface area contributed by atoms with Gasteiger partial charge in [-0.25, -0.2) is 0 Å². The molecule has 1 aromatic rings. The second-order valence-corrected chi connectivity index (χ2v) is 9.18. The summed E-state index contributed by atoms with van der Waals surface area (Å²) in [6.45, 7) is 8.28. The van der Waals surface area contributed by atoms with Crippen molar-refractivity contribution in [2.24, 2.45) is 0 Å². The van der Waals surface area contributed by atoms with Crippen LogP contribution in [0.2, 0.25) is 0 Å². The number of likely N-dealkylation sites (tertiary alicyclic amines) is 3. The number of hydrogen-bond acceptors (Lipinski definition) is 4. The molecule has 164 valence electrons. The smallest absolute Gasteiger partial charge is 0.260 e. The molecule has 1 aromatic carbocycles. The van der Waals surface area contributed by atoms with Crippen LogP contribution in [0.4, 0.5) is 0 Å². The van der Waals surface area contributed by atoms with E-state index < -0.39 is 0 Å². The van der Waals surface area contributed by atoms with E-state index in [1.165, 1.54) is 32.4 Å².